The lowest BCUT2D eigenvalue weighted by Crippen LogP contribution is -1.84. The Balaban J connectivity index is 2.96. The van der Waals surface area contributed by atoms with Gasteiger partial charge in [-0.25, -0.2) is 0 Å². The molecule has 0 amide bonds. The molecule has 0 radical (unpaired) electrons. The van der Waals surface area contributed by atoms with Crippen LogP contribution in [0, 0.1) is 0 Å². The van der Waals surface area contributed by atoms with Crippen molar-refractivity contribution >= 4 is 40.0 Å². The Hall–Kier alpha value is -0.180. The molecule has 0 N–H and O–H groups in total. The fourth-order valence-corrected chi connectivity index (χ4v) is 1.69. The number of carbonyl (C=O) groups is 1. The van der Waals surface area contributed by atoms with Gasteiger partial charge in [-0.05, 0) is 18.0 Å². The molecule has 0 aliphatic heterocycles. The number of hydrogen-bond acceptors (Lipinski definition) is 2. The summed E-state index contributed by atoms with van der Waals surface area (Å²) in [7, 11) is 0. The van der Waals surface area contributed by atoms with E-state index in [4.69, 9.17) is 39.2 Å². The second-order valence-electron chi connectivity index (χ2n) is 2.86. The molecule has 0 unspecified atom stereocenters. The zero-order valence-corrected chi connectivity index (χ0v) is 9.84. The molecular weight excluding hydrogens is 246 g/mol. The molecule has 0 saturated carbocycles. The SMILES string of the molecule is CCCCc1oc(C(=O)Cl)c(Cl)c1Cl. The number of unbranched alkanes of at least 4 members (excludes halogenated alkanes) is 1. The van der Waals surface area contributed by atoms with E-state index >= 15 is 0 Å². The number of furan rings is 1. The van der Waals surface area contributed by atoms with Crippen LogP contribution in [0.1, 0.15) is 36.1 Å². The molecule has 0 bridgehead atoms. The fraction of sp³-hybridized carbons (Fsp3) is 0.444. The van der Waals surface area contributed by atoms with E-state index in [0.29, 0.717) is 17.2 Å². The minimum Gasteiger partial charge on any atom is -0.453 e. The number of halogens is 3. The molecular formula is C9H9Cl3O2. The van der Waals surface area contributed by atoms with Gasteiger partial charge in [-0.15, -0.1) is 0 Å². The Morgan fingerprint density at radius 1 is 1.36 bits per heavy atom. The van der Waals surface area contributed by atoms with Gasteiger partial charge in [0.15, 0.2) is 0 Å². The molecule has 0 aromatic carbocycles. The van der Waals surface area contributed by atoms with E-state index in [0.717, 1.165) is 12.8 Å². The minimum atomic E-state index is -0.723. The molecule has 1 heterocycles. The van der Waals surface area contributed by atoms with Crippen molar-refractivity contribution in [3.8, 4) is 0 Å². The van der Waals surface area contributed by atoms with Crippen LogP contribution in [0.3, 0.4) is 0 Å². The molecule has 1 rings (SSSR count). The topological polar surface area (TPSA) is 30.2 Å². The third-order valence-corrected chi connectivity index (χ3v) is 2.83. The summed E-state index contributed by atoms with van der Waals surface area (Å²) in [6, 6.07) is 0. The van der Waals surface area contributed by atoms with Gasteiger partial charge in [0.25, 0.3) is 5.24 Å². The van der Waals surface area contributed by atoms with Gasteiger partial charge in [-0.1, -0.05) is 36.5 Å². The lowest BCUT2D eigenvalue weighted by atomic mass is 10.2. The van der Waals surface area contributed by atoms with Crippen LogP contribution in [0.15, 0.2) is 4.42 Å². The molecule has 5 heteroatoms. The van der Waals surface area contributed by atoms with Crippen molar-refractivity contribution < 1.29 is 9.21 Å². The van der Waals surface area contributed by atoms with Crippen LogP contribution >= 0.6 is 34.8 Å². The molecule has 0 fully saturated rings. The Labute approximate surface area is 97.1 Å². The van der Waals surface area contributed by atoms with Crippen LogP contribution in [0.4, 0.5) is 0 Å². The smallest absolute Gasteiger partial charge is 0.289 e. The van der Waals surface area contributed by atoms with E-state index in [-0.39, 0.29) is 10.8 Å². The summed E-state index contributed by atoms with van der Waals surface area (Å²) in [5.41, 5.74) is 0. The predicted octanol–water partition coefficient (Wildman–Crippen LogP) is 4.31. The summed E-state index contributed by atoms with van der Waals surface area (Å²) >= 11 is 16.9. The Morgan fingerprint density at radius 3 is 2.43 bits per heavy atom. The van der Waals surface area contributed by atoms with Crippen molar-refractivity contribution in [1.82, 2.24) is 0 Å². The summed E-state index contributed by atoms with van der Waals surface area (Å²) in [5.74, 6) is 0.465. The highest BCUT2D eigenvalue weighted by Crippen LogP contribution is 2.34. The molecule has 14 heavy (non-hydrogen) atoms. The minimum absolute atomic E-state index is 0.0653. The first kappa shape index (κ1) is 11.9. The number of carbonyl (C=O) groups excluding carboxylic acids is 1. The normalized spacial score (nSPS) is 10.6. The van der Waals surface area contributed by atoms with Gasteiger partial charge in [0.05, 0.1) is 0 Å². The van der Waals surface area contributed by atoms with Gasteiger partial charge < -0.3 is 4.42 Å². The Morgan fingerprint density at radius 2 is 2.00 bits per heavy atom. The van der Waals surface area contributed by atoms with Gasteiger partial charge in [-0.3, -0.25) is 4.79 Å². The number of rotatable bonds is 4. The molecule has 0 saturated heterocycles. The van der Waals surface area contributed by atoms with Crippen molar-refractivity contribution in [2.75, 3.05) is 0 Å². The van der Waals surface area contributed by atoms with E-state index in [1.54, 1.807) is 0 Å². The van der Waals surface area contributed by atoms with Gasteiger partial charge >= 0.3 is 0 Å². The third kappa shape index (κ3) is 2.44. The Bertz CT molecular complexity index is 344. The summed E-state index contributed by atoms with van der Waals surface area (Å²) in [4.78, 5) is 10.8. The molecule has 1 aromatic rings. The first-order valence-corrected chi connectivity index (χ1v) is 5.37. The Kier molecular flexibility index (Phi) is 4.30. The number of hydrogen-bond donors (Lipinski definition) is 0. The summed E-state index contributed by atoms with van der Waals surface area (Å²) in [5, 5.41) is -0.318. The highest BCUT2D eigenvalue weighted by atomic mass is 35.5. The highest BCUT2D eigenvalue weighted by molar-refractivity contribution is 6.68. The molecule has 1 aromatic heterocycles. The monoisotopic (exact) mass is 254 g/mol. The predicted molar refractivity (Wildman–Crippen MR) is 57.5 cm³/mol. The first-order chi connectivity index (χ1) is 6.57. The van der Waals surface area contributed by atoms with E-state index in [1.165, 1.54) is 0 Å². The van der Waals surface area contributed by atoms with Crippen LogP contribution in [-0.4, -0.2) is 5.24 Å². The number of aryl methyl sites for hydroxylation is 1. The van der Waals surface area contributed by atoms with Crippen molar-refractivity contribution in [2.24, 2.45) is 0 Å². The molecule has 0 atom stereocenters. The third-order valence-electron chi connectivity index (χ3n) is 1.80. The zero-order chi connectivity index (χ0) is 10.7. The summed E-state index contributed by atoms with van der Waals surface area (Å²) in [6.45, 7) is 2.05. The summed E-state index contributed by atoms with van der Waals surface area (Å²) in [6.07, 6.45) is 2.61. The average Bonchev–Trinajstić information content (AvgIpc) is 2.42. The fourth-order valence-electron chi connectivity index (χ4n) is 1.06. The van der Waals surface area contributed by atoms with Crippen molar-refractivity contribution in [3.05, 3.63) is 21.6 Å². The van der Waals surface area contributed by atoms with E-state index in [9.17, 15) is 4.79 Å². The standard InChI is InChI=1S/C9H9Cl3O2/c1-2-3-4-5-6(10)7(11)8(14-5)9(12)13/h2-4H2,1H3. The average molecular weight is 256 g/mol. The van der Waals surface area contributed by atoms with Crippen LogP contribution in [0.2, 0.25) is 10.0 Å². The van der Waals surface area contributed by atoms with Crippen LogP contribution in [0.25, 0.3) is 0 Å². The maximum absolute atomic E-state index is 10.8. The van der Waals surface area contributed by atoms with Gasteiger partial charge in [-0.2, -0.15) is 0 Å². The van der Waals surface area contributed by atoms with Gasteiger partial charge in [0.1, 0.15) is 15.8 Å². The maximum atomic E-state index is 10.8. The molecule has 0 aliphatic rings. The van der Waals surface area contributed by atoms with E-state index in [2.05, 4.69) is 0 Å². The molecule has 0 spiro atoms. The van der Waals surface area contributed by atoms with Crippen molar-refractivity contribution in [2.45, 2.75) is 26.2 Å². The van der Waals surface area contributed by atoms with Crippen molar-refractivity contribution in [3.63, 3.8) is 0 Å². The molecule has 78 valence electrons. The second-order valence-corrected chi connectivity index (χ2v) is 3.96. The quantitative estimate of drug-likeness (QED) is 0.751. The van der Waals surface area contributed by atoms with Gasteiger partial charge in [0, 0.05) is 6.42 Å². The molecule has 0 aliphatic carbocycles. The van der Waals surface area contributed by atoms with Crippen LogP contribution in [0.5, 0.6) is 0 Å². The van der Waals surface area contributed by atoms with Gasteiger partial charge in [0.2, 0.25) is 5.76 Å². The van der Waals surface area contributed by atoms with E-state index < -0.39 is 5.24 Å². The zero-order valence-electron chi connectivity index (χ0n) is 7.57. The lowest BCUT2D eigenvalue weighted by Gasteiger charge is -1.93. The maximum Gasteiger partial charge on any atom is 0.289 e. The molecule has 2 nitrogen and oxygen atoms in total. The summed E-state index contributed by atoms with van der Waals surface area (Å²) < 4.78 is 5.16. The lowest BCUT2D eigenvalue weighted by molar-refractivity contribution is 0.105. The van der Waals surface area contributed by atoms with Crippen molar-refractivity contribution in [1.29, 1.82) is 0 Å². The first-order valence-electron chi connectivity index (χ1n) is 4.24. The van der Waals surface area contributed by atoms with Crippen LogP contribution < -0.4 is 0 Å². The van der Waals surface area contributed by atoms with E-state index in [1.807, 2.05) is 6.92 Å². The highest BCUT2D eigenvalue weighted by Gasteiger charge is 2.20. The largest absolute Gasteiger partial charge is 0.453 e. The van der Waals surface area contributed by atoms with Crippen LogP contribution in [-0.2, 0) is 6.42 Å². The second kappa shape index (κ2) is 5.06.